The van der Waals surface area contributed by atoms with Crippen molar-refractivity contribution in [1.29, 1.82) is 0 Å². The number of ketones is 2. The fraction of sp³-hybridized carbons (Fsp3) is 0.727. The molecule has 3 heteroatoms. The number of hydrogen-bond donors (Lipinski definition) is 1. The van der Waals surface area contributed by atoms with Gasteiger partial charge in [0.25, 0.3) is 0 Å². The van der Waals surface area contributed by atoms with Crippen molar-refractivity contribution in [3.05, 3.63) is 23.3 Å². The third-order valence-corrected chi connectivity index (χ3v) is 8.15. The number of rotatable bonds is 2. The van der Waals surface area contributed by atoms with E-state index in [-0.39, 0.29) is 17.0 Å². The quantitative estimate of drug-likeness (QED) is 0.825. The van der Waals surface area contributed by atoms with Gasteiger partial charge in [-0.05, 0) is 74.3 Å². The van der Waals surface area contributed by atoms with Crippen LogP contribution >= 0.6 is 0 Å². The molecule has 6 atom stereocenters. The van der Waals surface area contributed by atoms with Crippen LogP contribution in [0.4, 0.5) is 0 Å². The Morgan fingerprint density at radius 2 is 2.04 bits per heavy atom. The van der Waals surface area contributed by atoms with Crippen LogP contribution in [0, 0.1) is 29.1 Å². The second-order valence-corrected chi connectivity index (χ2v) is 9.04. The van der Waals surface area contributed by atoms with Crippen molar-refractivity contribution in [3.63, 3.8) is 0 Å². The maximum absolute atomic E-state index is 12.6. The molecule has 0 amide bonds. The van der Waals surface area contributed by atoms with Crippen molar-refractivity contribution >= 4 is 11.6 Å². The van der Waals surface area contributed by atoms with E-state index in [0.29, 0.717) is 42.9 Å². The van der Waals surface area contributed by atoms with Crippen molar-refractivity contribution in [1.82, 2.24) is 0 Å². The van der Waals surface area contributed by atoms with Gasteiger partial charge in [0.2, 0.25) is 0 Å². The van der Waals surface area contributed by atoms with Gasteiger partial charge >= 0.3 is 0 Å². The molecule has 0 aromatic heterocycles. The van der Waals surface area contributed by atoms with Crippen LogP contribution in [0.5, 0.6) is 0 Å². The predicted octanol–water partition coefficient (Wildman–Crippen LogP) is 4.00. The number of fused-ring (bicyclic) bond motifs is 5. The molecule has 0 aliphatic heterocycles. The number of carbonyl (C=O) groups is 2. The summed E-state index contributed by atoms with van der Waals surface area (Å²) in [5.74, 6) is 2.17. The molecular formula is C22H30O3. The van der Waals surface area contributed by atoms with Gasteiger partial charge in [-0.2, -0.15) is 0 Å². The first kappa shape index (κ1) is 17.2. The van der Waals surface area contributed by atoms with E-state index in [0.717, 1.165) is 25.7 Å². The smallest absolute Gasteiger partial charge is 0.164 e. The van der Waals surface area contributed by atoms with Crippen LogP contribution in [0.15, 0.2) is 23.3 Å². The average Bonchev–Trinajstić information content (AvgIpc) is 2.87. The van der Waals surface area contributed by atoms with Gasteiger partial charge in [0.05, 0.1) is 0 Å². The summed E-state index contributed by atoms with van der Waals surface area (Å²) < 4.78 is 0. The fourth-order valence-electron chi connectivity index (χ4n) is 6.74. The van der Waals surface area contributed by atoms with Crippen LogP contribution < -0.4 is 0 Å². The second-order valence-electron chi connectivity index (χ2n) is 9.04. The molecule has 4 aliphatic carbocycles. The number of aliphatic hydroxyl groups is 1. The highest BCUT2D eigenvalue weighted by molar-refractivity contribution is 5.92. The van der Waals surface area contributed by atoms with Crippen LogP contribution in [0.3, 0.4) is 0 Å². The van der Waals surface area contributed by atoms with Crippen molar-refractivity contribution in [3.8, 4) is 0 Å². The molecule has 2 saturated carbocycles. The zero-order valence-corrected chi connectivity index (χ0v) is 15.7. The van der Waals surface area contributed by atoms with Crippen LogP contribution in [0.25, 0.3) is 0 Å². The lowest BCUT2D eigenvalue weighted by Gasteiger charge is -2.54. The van der Waals surface area contributed by atoms with E-state index in [1.54, 1.807) is 0 Å². The van der Waals surface area contributed by atoms with E-state index in [9.17, 15) is 14.7 Å². The molecule has 0 saturated heterocycles. The van der Waals surface area contributed by atoms with Gasteiger partial charge in [0.1, 0.15) is 5.60 Å². The minimum Gasteiger partial charge on any atom is -0.381 e. The molecule has 4 rings (SSSR count). The molecule has 0 bridgehead atoms. The zero-order chi connectivity index (χ0) is 18.0. The van der Waals surface area contributed by atoms with Crippen molar-refractivity contribution in [2.75, 3.05) is 0 Å². The SMILES string of the molecule is CCC(=O)[C@@]1(O)CC[C@H]2[C@@H]3C=C(C)C4=CC(=O)CC[C@@H]4[C@H]3CC[C@@]21C. The van der Waals surface area contributed by atoms with Crippen LogP contribution in [-0.4, -0.2) is 22.3 Å². The number of allylic oxidation sites excluding steroid dienone is 4. The molecule has 0 heterocycles. The Labute approximate surface area is 150 Å². The molecule has 0 unspecified atom stereocenters. The summed E-state index contributed by atoms with van der Waals surface area (Å²) in [7, 11) is 0. The van der Waals surface area contributed by atoms with Crippen molar-refractivity contribution < 1.29 is 14.7 Å². The van der Waals surface area contributed by atoms with E-state index < -0.39 is 5.60 Å². The Morgan fingerprint density at radius 3 is 2.76 bits per heavy atom. The molecule has 4 aliphatic rings. The maximum atomic E-state index is 12.6. The first-order valence-corrected chi connectivity index (χ1v) is 10.0. The summed E-state index contributed by atoms with van der Waals surface area (Å²) in [5.41, 5.74) is 1.07. The first-order valence-electron chi connectivity index (χ1n) is 10.0. The lowest BCUT2D eigenvalue weighted by molar-refractivity contribution is -0.157. The minimum atomic E-state index is -1.14. The number of hydrogen-bond acceptors (Lipinski definition) is 3. The van der Waals surface area contributed by atoms with Crippen LogP contribution in [0.1, 0.15) is 65.7 Å². The van der Waals surface area contributed by atoms with E-state index >= 15 is 0 Å². The summed E-state index contributed by atoms with van der Waals surface area (Å²) in [6, 6.07) is 0. The lowest BCUT2D eigenvalue weighted by atomic mass is 9.51. The molecule has 136 valence electrons. The summed E-state index contributed by atoms with van der Waals surface area (Å²) >= 11 is 0. The molecule has 0 spiro atoms. The topological polar surface area (TPSA) is 54.4 Å². The summed E-state index contributed by atoms with van der Waals surface area (Å²) in [4.78, 5) is 24.4. The Hall–Kier alpha value is -1.22. The molecule has 0 aromatic carbocycles. The molecule has 0 aromatic rings. The Kier molecular flexibility index (Phi) is 3.88. The molecule has 2 fully saturated rings. The van der Waals surface area contributed by atoms with E-state index in [1.165, 1.54) is 11.1 Å². The third-order valence-electron chi connectivity index (χ3n) is 8.15. The average molecular weight is 342 g/mol. The Balaban J connectivity index is 1.73. The fourth-order valence-corrected chi connectivity index (χ4v) is 6.74. The molecule has 25 heavy (non-hydrogen) atoms. The summed E-state index contributed by atoms with van der Waals surface area (Å²) in [6.07, 6.45) is 9.84. The summed E-state index contributed by atoms with van der Waals surface area (Å²) in [6.45, 7) is 6.16. The molecule has 0 radical (unpaired) electrons. The standard InChI is InChI=1S/C22H30O3/c1-4-20(24)22(25)10-8-19-18-11-13(2)17-12-14(23)5-6-15(17)16(18)7-9-21(19,22)3/h11-12,15-16,18-19,25H,4-10H2,1-3H3/t15-,16-,18-,19+,21+,22+/m1/s1. The van der Waals surface area contributed by atoms with Crippen molar-refractivity contribution in [2.45, 2.75) is 71.3 Å². The third kappa shape index (κ3) is 2.21. The monoisotopic (exact) mass is 342 g/mol. The van der Waals surface area contributed by atoms with Gasteiger partial charge in [0, 0.05) is 18.3 Å². The normalized spacial score (nSPS) is 45.8. The summed E-state index contributed by atoms with van der Waals surface area (Å²) in [5, 5.41) is 11.3. The van der Waals surface area contributed by atoms with E-state index in [1.807, 2.05) is 13.0 Å². The highest BCUT2D eigenvalue weighted by atomic mass is 16.3. The number of Topliss-reactive ketones (excluding diaryl/α,β-unsaturated/α-hetero) is 1. The van der Waals surface area contributed by atoms with Crippen LogP contribution in [-0.2, 0) is 9.59 Å². The lowest BCUT2D eigenvalue weighted by Crippen LogP contribution is -2.55. The van der Waals surface area contributed by atoms with Gasteiger partial charge < -0.3 is 5.11 Å². The van der Waals surface area contributed by atoms with Gasteiger partial charge in [-0.3, -0.25) is 9.59 Å². The maximum Gasteiger partial charge on any atom is 0.164 e. The number of carbonyl (C=O) groups excluding carboxylic acids is 2. The Morgan fingerprint density at radius 1 is 1.28 bits per heavy atom. The van der Waals surface area contributed by atoms with Gasteiger partial charge in [-0.25, -0.2) is 0 Å². The van der Waals surface area contributed by atoms with Crippen LogP contribution in [0.2, 0.25) is 0 Å². The molecule has 1 N–H and O–H groups in total. The second kappa shape index (κ2) is 5.64. The van der Waals surface area contributed by atoms with E-state index in [4.69, 9.17) is 0 Å². The molecule has 3 nitrogen and oxygen atoms in total. The van der Waals surface area contributed by atoms with Crippen molar-refractivity contribution in [2.24, 2.45) is 29.1 Å². The largest absolute Gasteiger partial charge is 0.381 e. The molecular weight excluding hydrogens is 312 g/mol. The predicted molar refractivity (Wildman–Crippen MR) is 96.9 cm³/mol. The zero-order valence-electron chi connectivity index (χ0n) is 15.7. The first-order chi connectivity index (χ1) is 11.8. The highest BCUT2D eigenvalue weighted by Crippen LogP contribution is 2.64. The van der Waals surface area contributed by atoms with Gasteiger partial charge in [-0.15, -0.1) is 0 Å². The van der Waals surface area contributed by atoms with Gasteiger partial charge in [-0.1, -0.05) is 25.5 Å². The van der Waals surface area contributed by atoms with E-state index in [2.05, 4.69) is 19.9 Å². The minimum absolute atomic E-state index is 0.0244. The van der Waals surface area contributed by atoms with Gasteiger partial charge in [0.15, 0.2) is 11.6 Å². The highest BCUT2D eigenvalue weighted by Gasteiger charge is 2.64. The Bertz CT molecular complexity index is 687.